The average molecular weight is 234 g/mol. The Bertz CT molecular complexity index is 305. The summed E-state index contributed by atoms with van der Waals surface area (Å²) in [6, 6.07) is 4.64. The first-order chi connectivity index (χ1) is 6.65. The van der Waals surface area contributed by atoms with Crippen molar-refractivity contribution in [2.45, 2.75) is 26.3 Å². The topological polar surface area (TPSA) is 35.2 Å². The second-order valence-electron chi connectivity index (χ2n) is 3.33. The van der Waals surface area contributed by atoms with Crippen molar-refractivity contribution in [3.05, 3.63) is 29.6 Å². The minimum absolute atomic E-state index is 0. The number of nitrogens with two attached hydrogens (primary N) is 1. The number of hydrogen-bond acceptors (Lipinski definition) is 2. The fraction of sp³-hybridized carbons (Fsp3) is 0.455. The van der Waals surface area contributed by atoms with Crippen LogP contribution in [-0.4, -0.2) is 6.61 Å². The van der Waals surface area contributed by atoms with E-state index in [1.54, 1.807) is 12.1 Å². The molecule has 0 fully saturated rings. The van der Waals surface area contributed by atoms with Gasteiger partial charge in [-0.25, -0.2) is 4.39 Å². The molecule has 86 valence electrons. The van der Waals surface area contributed by atoms with Crippen LogP contribution in [0.2, 0.25) is 0 Å². The quantitative estimate of drug-likeness (QED) is 0.868. The fourth-order valence-corrected chi connectivity index (χ4v) is 1.13. The molecule has 15 heavy (non-hydrogen) atoms. The number of halogens is 2. The van der Waals surface area contributed by atoms with E-state index in [9.17, 15) is 4.39 Å². The van der Waals surface area contributed by atoms with E-state index in [4.69, 9.17) is 10.5 Å². The highest BCUT2D eigenvalue weighted by Gasteiger charge is 2.06. The Hall–Kier alpha value is -0.800. The van der Waals surface area contributed by atoms with Crippen LogP contribution in [0.4, 0.5) is 4.39 Å². The zero-order valence-corrected chi connectivity index (χ0v) is 9.81. The first-order valence-electron chi connectivity index (χ1n) is 4.83. The van der Waals surface area contributed by atoms with Gasteiger partial charge in [-0.15, -0.1) is 12.4 Å². The molecule has 1 aromatic rings. The lowest BCUT2D eigenvalue weighted by molar-refractivity contribution is 0.301. The lowest BCUT2D eigenvalue weighted by Gasteiger charge is -2.10. The Morgan fingerprint density at radius 3 is 2.67 bits per heavy atom. The molecule has 0 saturated carbocycles. The summed E-state index contributed by atoms with van der Waals surface area (Å²) in [6.45, 7) is 4.36. The van der Waals surface area contributed by atoms with Crippen LogP contribution in [0, 0.1) is 5.82 Å². The molecule has 0 saturated heterocycles. The minimum atomic E-state index is -0.331. The summed E-state index contributed by atoms with van der Waals surface area (Å²) >= 11 is 0. The van der Waals surface area contributed by atoms with Gasteiger partial charge in [0.25, 0.3) is 0 Å². The van der Waals surface area contributed by atoms with Gasteiger partial charge in [0.15, 0.2) is 11.6 Å². The second kappa shape index (κ2) is 6.64. The monoisotopic (exact) mass is 233 g/mol. The normalized spacial score (nSPS) is 11.7. The molecule has 0 aliphatic carbocycles. The predicted molar refractivity (Wildman–Crippen MR) is 62.0 cm³/mol. The standard InChI is InChI=1S/C11H16FNO.ClH/c1-3-6-14-11-7-9(8(2)13)4-5-10(11)12;/h4-5,7-8H,3,6,13H2,1-2H3;1H/t8-;/m0./s1. The largest absolute Gasteiger partial charge is 0.491 e. The molecule has 0 radical (unpaired) electrons. The highest BCUT2D eigenvalue weighted by atomic mass is 35.5. The number of hydrogen-bond donors (Lipinski definition) is 1. The van der Waals surface area contributed by atoms with E-state index in [0.29, 0.717) is 12.4 Å². The van der Waals surface area contributed by atoms with Crippen LogP contribution >= 0.6 is 12.4 Å². The Labute approximate surface area is 96.0 Å². The molecular weight excluding hydrogens is 217 g/mol. The molecule has 1 rings (SSSR count). The van der Waals surface area contributed by atoms with Crippen LogP contribution in [0.15, 0.2) is 18.2 Å². The maximum atomic E-state index is 13.2. The van der Waals surface area contributed by atoms with Gasteiger partial charge in [-0.05, 0) is 31.0 Å². The Morgan fingerprint density at radius 2 is 2.13 bits per heavy atom. The van der Waals surface area contributed by atoms with Crippen LogP contribution in [0.3, 0.4) is 0 Å². The minimum Gasteiger partial charge on any atom is -0.491 e. The zero-order chi connectivity index (χ0) is 10.6. The molecule has 0 aliphatic heterocycles. The summed E-state index contributed by atoms with van der Waals surface area (Å²) in [5.41, 5.74) is 6.57. The van der Waals surface area contributed by atoms with Crippen LogP contribution in [0.1, 0.15) is 31.9 Å². The van der Waals surface area contributed by atoms with Gasteiger partial charge in [0.1, 0.15) is 0 Å². The third kappa shape index (κ3) is 4.06. The highest BCUT2D eigenvalue weighted by molar-refractivity contribution is 5.85. The van der Waals surface area contributed by atoms with Crippen LogP contribution in [0.25, 0.3) is 0 Å². The predicted octanol–water partition coefficient (Wildman–Crippen LogP) is 3.06. The van der Waals surface area contributed by atoms with Crippen molar-refractivity contribution in [1.82, 2.24) is 0 Å². The highest BCUT2D eigenvalue weighted by Crippen LogP contribution is 2.21. The lowest BCUT2D eigenvalue weighted by Crippen LogP contribution is -2.06. The van der Waals surface area contributed by atoms with E-state index in [1.807, 2.05) is 13.8 Å². The Morgan fingerprint density at radius 1 is 1.47 bits per heavy atom. The van der Waals surface area contributed by atoms with Crippen molar-refractivity contribution in [3.63, 3.8) is 0 Å². The van der Waals surface area contributed by atoms with Gasteiger partial charge in [0, 0.05) is 6.04 Å². The molecule has 1 atom stereocenters. The fourth-order valence-electron chi connectivity index (χ4n) is 1.13. The number of benzene rings is 1. The zero-order valence-electron chi connectivity index (χ0n) is 9.00. The van der Waals surface area contributed by atoms with Crippen molar-refractivity contribution in [2.75, 3.05) is 6.61 Å². The molecule has 0 aliphatic rings. The van der Waals surface area contributed by atoms with E-state index in [1.165, 1.54) is 6.07 Å². The van der Waals surface area contributed by atoms with Gasteiger partial charge >= 0.3 is 0 Å². The molecule has 4 heteroatoms. The molecule has 0 amide bonds. The molecular formula is C11H17ClFNO. The smallest absolute Gasteiger partial charge is 0.165 e. The third-order valence-corrected chi connectivity index (χ3v) is 1.94. The van der Waals surface area contributed by atoms with Crippen LogP contribution < -0.4 is 10.5 Å². The van der Waals surface area contributed by atoms with Crippen molar-refractivity contribution in [1.29, 1.82) is 0 Å². The molecule has 0 heterocycles. The molecule has 0 unspecified atom stereocenters. The summed E-state index contributed by atoms with van der Waals surface area (Å²) in [4.78, 5) is 0. The Kier molecular flexibility index (Phi) is 6.29. The van der Waals surface area contributed by atoms with Gasteiger partial charge in [0.2, 0.25) is 0 Å². The Balaban J connectivity index is 0.00000196. The second-order valence-corrected chi connectivity index (χ2v) is 3.33. The lowest BCUT2D eigenvalue weighted by atomic mass is 10.1. The first kappa shape index (κ1) is 14.2. The van der Waals surface area contributed by atoms with Gasteiger partial charge in [-0.1, -0.05) is 13.0 Å². The molecule has 0 bridgehead atoms. The maximum absolute atomic E-state index is 13.2. The first-order valence-corrected chi connectivity index (χ1v) is 4.83. The third-order valence-electron chi connectivity index (χ3n) is 1.94. The van der Waals surface area contributed by atoms with Crippen molar-refractivity contribution >= 4 is 12.4 Å². The van der Waals surface area contributed by atoms with Crippen molar-refractivity contribution in [2.24, 2.45) is 5.73 Å². The van der Waals surface area contributed by atoms with Crippen LogP contribution in [0.5, 0.6) is 5.75 Å². The van der Waals surface area contributed by atoms with Crippen LogP contribution in [-0.2, 0) is 0 Å². The van der Waals surface area contributed by atoms with Gasteiger partial charge < -0.3 is 10.5 Å². The summed E-state index contributed by atoms with van der Waals surface area (Å²) in [5, 5.41) is 0. The summed E-state index contributed by atoms with van der Waals surface area (Å²) in [7, 11) is 0. The van der Waals surface area contributed by atoms with Crippen molar-refractivity contribution in [3.8, 4) is 5.75 Å². The summed E-state index contributed by atoms with van der Waals surface area (Å²) in [6.07, 6.45) is 0.863. The van der Waals surface area contributed by atoms with E-state index < -0.39 is 0 Å². The molecule has 2 N–H and O–H groups in total. The van der Waals surface area contributed by atoms with Gasteiger partial charge in [-0.3, -0.25) is 0 Å². The van der Waals surface area contributed by atoms with Gasteiger partial charge in [-0.2, -0.15) is 0 Å². The summed E-state index contributed by atoms with van der Waals surface area (Å²) in [5.74, 6) is -0.0375. The maximum Gasteiger partial charge on any atom is 0.165 e. The summed E-state index contributed by atoms with van der Waals surface area (Å²) < 4.78 is 18.4. The number of ether oxygens (including phenoxy) is 1. The molecule has 2 nitrogen and oxygen atoms in total. The van der Waals surface area contributed by atoms with E-state index in [-0.39, 0.29) is 24.3 Å². The number of rotatable bonds is 4. The molecule has 0 spiro atoms. The van der Waals surface area contributed by atoms with Gasteiger partial charge in [0.05, 0.1) is 6.61 Å². The average Bonchev–Trinajstić information content (AvgIpc) is 2.16. The molecule has 0 aromatic heterocycles. The SMILES string of the molecule is CCCOc1cc([C@H](C)N)ccc1F.Cl. The van der Waals surface area contributed by atoms with Crippen molar-refractivity contribution < 1.29 is 9.13 Å². The van der Waals surface area contributed by atoms with E-state index >= 15 is 0 Å². The van der Waals surface area contributed by atoms with E-state index in [0.717, 1.165) is 12.0 Å². The van der Waals surface area contributed by atoms with E-state index in [2.05, 4.69) is 0 Å². The molecule has 1 aromatic carbocycles.